The first-order chi connectivity index (χ1) is 3.68. The van der Waals surface area contributed by atoms with Crippen LogP contribution in [0.4, 0.5) is 0 Å². The van der Waals surface area contributed by atoms with Gasteiger partial charge in [-0.05, 0) is 6.42 Å². The summed E-state index contributed by atoms with van der Waals surface area (Å²) >= 11 is 0. The molecule has 56 valence electrons. The molecule has 0 radical (unpaired) electrons. The van der Waals surface area contributed by atoms with E-state index < -0.39 is 11.9 Å². The van der Waals surface area contributed by atoms with Gasteiger partial charge in [0, 0.05) is 6.61 Å². The van der Waals surface area contributed by atoms with E-state index in [1.165, 1.54) is 0 Å². The minimum atomic E-state index is -0.848. The standard InChI is InChI=1S/C5H10O3.ClH/c1-4(2-3-6)5(7)8;/h4,6H,2-3H2,1H3,(H,7,8);1H. The van der Waals surface area contributed by atoms with Crippen molar-refractivity contribution in [1.82, 2.24) is 0 Å². The van der Waals surface area contributed by atoms with E-state index in [1.807, 2.05) is 0 Å². The van der Waals surface area contributed by atoms with E-state index in [2.05, 4.69) is 0 Å². The van der Waals surface area contributed by atoms with Gasteiger partial charge in [0.25, 0.3) is 0 Å². The van der Waals surface area contributed by atoms with Crippen molar-refractivity contribution < 1.29 is 15.0 Å². The first-order valence-electron chi connectivity index (χ1n) is 2.52. The Labute approximate surface area is 60.1 Å². The van der Waals surface area contributed by atoms with Gasteiger partial charge in [-0.1, -0.05) is 6.92 Å². The van der Waals surface area contributed by atoms with Gasteiger partial charge in [0.15, 0.2) is 0 Å². The van der Waals surface area contributed by atoms with Gasteiger partial charge in [-0.2, -0.15) is 0 Å². The van der Waals surface area contributed by atoms with E-state index in [1.54, 1.807) is 6.92 Å². The van der Waals surface area contributed by atoms with Gasteiger partial charge in [0.05, 0.1) is 5.92 Å². The van der Waals surface area contributed by atoms with E-state index >= 15 is 0 Å². The fourth-order valence-electron chi connectivity index (χ4n) is 0.317. The number of aliphatic hydroxyl groups excluding tert-OH is 1. The second kappa shape index (κ2) is 5.85. The van der Waals surface area contributed by atoms with Gasteiger partial charge in [0.1, 0.15) is 0 Å². The fraction of sp³-hybridized carbons (Fsp3) is 0.800. The van der Waals surface area contributed by atoms with Crippen LogP contribution in [-0.4, -0.2) is 22.8 Å². The maximum Gasteiger partial charge on any atom is 0.306 e. The van der Waals surface area contributed by atoms with Gasteiger partial charge >= 0.3 is 5.97 Å². The summed E-state index contributed by atoms with van der Waals surface area (Å²) in [6.45, 7) is 1.52. The highest BCUT2D eigenvalue weighted by atomic mass is 35.5. The normalized spacial score (nSPS) is 11.8. The molecule has 1 atom stereocenters. The van der Waals surface area contributed by atoms with Crippen molar-refractivity contribution in [1.29, 1.82) is 0 Å². The molecule has 0 amide bonds. The zero-order chi connectivity index (χ0) is 6.57. The van der Waals surface area contributed by atoms with Crippen molar-refractivity contribution in [3.63, 3.8) is 0 Å². The summed E-state index contributed by atoms with van der Waals surface area (Å²) in [5.41, 5.74) is 0. The monoisotopic (exact) mass is 154 g/mol. The van der Waals surface area contributed by atoms with Crippen LogP contribution in [0.3, 0.4) is 0 Å². The lowest BCUT2D eigenvalue weighted by atomic mass is 10.1. The fourth-order valence-corrected chi connectivity index (χ4v) is 0.317. The second-order valence-electron chi connectivity index (χ2n) is 1.75. The topological polar surface area (TPSA) is 57.5 Å². The van der Waals surface area contributed by atoms with Crippen LogP contribution in [0.5, 0.6) is 0 Å². The predicted molar refractivity (Wildman–Crippen MR) is 35.8 cm³/mol. The van der Waals surface area contributed by atoms with E-state index in [4.69, 9.17) is 10.2 Å². The SMILES string of the molecule is CC(CCO)C(=O)O.Cl. The predicted octanol–water partition coefficient (Wildman–Crippen LogP) is 0.511. The van der Waals surface area contributed by atoms with Gasteiger partial charge in [0.2, 0.25) is 0 Å². The number of hydrogen-bond acceptors (Lipinski definition) is 2. The zero-order valence-electron chi connectivity index (χ0n) is 5.20. The Morgan fingerprint density at radius 2 is 2.11 bits per heavy atom. The summed E-state index contributed by atoms with van der Waals surface area (Å²) in [7, 11) is 0. The highest BCUT2D eigenvalue weighted by Crippen LogP contribution is 1.98. The molecule has 0 aromatic carbocycles. The molecule has 0 aliphatic rings. The molecule has 0 rings (SSSR count). The first-order valence-corrected chi connectivity index (χ1v) is 2.52. The van der Waals surface area contributed by atoms with Crippen molar-refractivity contribution >= 4 is 18.4 Å². The molecule has 3 nitrogen and oxygen atoms in total. The Morgan fingerprint density at radius 1 is 1.67 bits per heavy atom. The zero-order valence-corrected chi connectivity index (χ0v) is 6.02. The summed E-state index contributed by atoms with van der Waals surface area (Å²) in [5, 5.41) is 16.4. The third-order valence-electron chi connectivity index (χ3n) is 0.984. The minimum absolute atomic E-state index is 0. The third-order valence-corrected chi connectivity index (χ3v) is 0.984. The molecule has 0 saturated heterocycles. The molecule has 9 heavy (non-hydrogen) atoms. The Bertz CT molecular complexity index is 84.3. The van der Waals surface area contributed by atoms with Crippen molar-refractivity contribution in [2.24, 2.45) is 5.92 Å². The highest BCUT2D eigenvalue weighted by Gasteiger charge is 2.07. The summed E-state index contributed by atoms with van der Waals surface area (Å²) in [6.07, 6.45) is 0.343. The smallest absolute Gasteiger partial charge is 0.306 e. The molecule has 0 aliphatic carbocycles. The second-order valence-corrected chi connectivity index (χ2v) is 1.75. The highest BCUT2D eigenvalue weighted by molar-refractivity contribution is 5.85. The Hall–Kier alpha value is -0.280. The number of aliphatic carboxylic acids is 1. The summed E-state index contributed by atoms with van der Waals surface area (Å²) in [5.74, 6) is -1.26. The molecule has 0 aromatic heterocycles. The first kappa shape index (κ1) is 11.5. The third kappa shape index (κ3) is 5.59. The largest absolute Gasteiger partial charge is 0.481 e. The van der Waals surface area contributed by atoms with Crippen molar-refractivity contribution in [3.05, 3.63) is 0 Å². The number of carbonyl (C=O) groups is 1. The Morgan fingerprint density at radius 3 is 2.22 bits per heavy atom. The molecule has 0 spiro atoms. The molecule has 0 saturated carbocycles. The summed E-state index contributed by atoms with van der Waals surface area (Å²) < 4.78 is 0. The van der Waals surface area contributed by atoms with Crippen LogP contribution in [0.1, 0.15) is 13.3 Å². The number of hydrogen-bond donors (Lipinski definition) is 2. The maximum absolute atomic E-state index is 9.98. The minimum Gasteiger partial charge on any atom is -0.481 e. The van der Waals surface area contributed by atoms with E-state index in [0.717, 1.165) is 0 Å². The van der Waals surface area contributed by atoms with Crippen LogP contribution in [-0.2, 0) is 4.79 Å². The molecule has 0 fully saturated rings. The van der Waals surface area contributed by atoms with Crippen LogP contribution in [0, 0.1) is 5.92 Å². The number of halogens is 1. The van der Waals surface area contributed by atoms with Crippen molar-refractivity contribution in [2.75, 3.05) is 6.61 Å². The lowest BCUT2D eigenvalue weighted by molar-refractivity contribution is -0.141. The quantitative estimate of drug-likeness (QED) is 0.623. The van der Waals surface area contributed by atoms with E-state index in [9.17, 15) is 4.79 Å². The van der Waals surface area contributed by atoms with Crippen LogP contribution in [0.15, 0.2) is 0 Å². The van der Waals surface area contributed by atoms with Crippen LogP contribution in [0.25, 0.3) is 0 Å². The molecule has 2 N–H and O–H groups in total. The number of aliphatic hydroxyl groups is 1. The average Bonchev–Trinajstić information content (AvgIpc) is 1.67. The van der Waals surface area contributed by atoms with Crippen molar-refractivity contribution in [3.8, 4) is 0 Å². The molecular weight excluding hydrogens is 144 g/mol. The number of carboxylic acid groups (broad SMARTS) is 1. The number of carboxylic acids is 1. The maximum atomic E-state index is 9.98. The Kier molecular flexibility index (Phi) is 7.48. The lowest BCUT2D eigenvalue weighted by Crippen LogP contribution is -2.10. The molecule has 0 bridgehead atoms. The van der Waals surface area contributed by atoms with Crippen LogP contribution < -0.4 is 0 Å². The van der Waals surface area contributed by atoms with E-state index in [-0.39, 0.29) is 19.0 Å². The average molecular weight is 155 g/mol. The molecule has 0 heterocycles. The van der Waals surface area contributed by atoms with Crippen molar-refractivity contribution in [2.45, 2.75) is 13.3 Å². The van der Waals surface area contributed by atoms with Gasteiger partial charge in [-0.3, -0.25) is 4.79 Å². The van der Waals surface area contributed by atoms with E-state index in [0.29, 0.717) is 6.42 Å². The number of rotatable bonds is 3. The van der Waals surface area contributed by atoms with Gasteiger partial charge < -0.3 is 10.2 Å². The summed E-state index contributed by atoms with van der Waals surface area (Å²) in [6, 6.07) is 0. The summed E-state index contributed by atoms with van der Waals surface area (Å²) in [4.78, 5) is 9.98. The van der Waals surface area contributed by atoms with Gasteiger partial charge in [-0.15, -0.1) is 12.4 Å². The molecule has 4 heteroatoms. The Balaban J connectivity index is 0. The van der Waals surface area contributed by atoms with Crippen LogP contribution >= 0.6 is 12.4 Å². The molecule has 1 unspecified atom stereocenters. The van der Waals surface area contributed by atoms with Crippen LogP contribution in [0.2, 0.25) is 0 Å². The molecule has 0 aromatic rings. The molecular formula is C5H11ClO3. The lowest BCUT2D eigenvalue weighted by Gasteiger charge is -1.99. The van der Waals surface area contributed by atoms with Gasteiger partial charge in [-0.25, -0.2) is 0 Å². The molecule has 0 aliphatic heterocycles.